The first kappa shape index (κ1) is 27.0. The van der Waals surface area contributed by atoms with Gasteiger partial charge < -0.3 is 14.5 Å². The number of carbonyl (C=O) groups is 2. The largest absolute Gasteiger partial charge is 0.469 e. The molecule has 0 N–H and O–H groups in total. The molecule has 0 saturated carbocycles. The van der Waals surface area contributed by atoms with E-state index >= 15 is 4.39 Å². The lowest BCUT2D eigenvalue weighted by molar-refractivity contribution is -0.144. The Morgan fingerprint density at radius 1 is 1.10 bits per heavy atom. The Bertz CT molecular complexity index is 1660. The number of amides is 1. The standard InChI is InChI=1S/C33H35FN4O3/c1-5-24-16-28(32(39)37-15-13-22-8-6-7-9-26(22)21(37)3)20(2)31-18-30(35-38(24)31)27-11-10-25(17-29(27)34)36-14-12-23(19-36)33(40)41-4/h6-11,16-18,21,23H,5,12-15,19H2,1-4H3/t21-,23?/m1/s1. The predicted molar refractivity (Wildman–Crippen MR) is 157 cm³/mol. The Hall–Kier alpha value is -4.20. The predicted octanol–water partition coefficient (Wildman–Crippen LogP) is 5.77. The molecule has 1 fully saturated rings. The third-order valence-electron chi connectivity index (χ3n) is 8.85. The van der Waals surface area contributed by atoms with E-state index in [2.05, 4.69) is 25.1 Å². The highest BCUT2D eigenvalue weighted by atomic mass is 19.1. The first-order valence-corrected chi connectivity index (χ1v) is 14.3. The van der Waals surface area contributed by atoms with Crippen molar-refractivity contribution < 1.29 is 18.7 Å². The molecule has 0 bridgehead atoms. The van der Waals surface area contributed by atoms with Gasteiger partial charge in [-0.2, -0.15) is 5.10 Å². The number of carbonyl (C=O) groups excluding carboxylic acids is 2. The van der Waals surface area contributed by atoms with Crippen LogP contribution in [-0.4, -0.2) is 53.1 Å². The van der Waals surface area contributed by atoms with E-state index in [9.17, 15) is 9.59 Å². The van der Waals surface area contributed by atoms with Crippen LogP contribution in [-0.2, 0) is 22.4 Å². The Balaban J connectivity index is 1.32. The summed E-state index contributed by atoms with van der Waals surface area (Å²) < 4.78 is 22.2. The van der Waals surface area contributed by atoms with Crippen LogP contribution in [0.25, 0.3) is 16.8 Å². The van der Waals surface area contributed by atoms with Crippen LogP contribution in [0, 0.1) is 18.7 Å². The van der Waals surface area contributed by atoms with Gasteiger partial charge in [0.15, 0.2) is 0 Å². The monoisotopic (exact) mass is 554 g/mol. The lowest BCUT2D eigenvalue weighted by atomic mass is 9.92. The fourth-order valence-electron chi connectivity index (χ4n) is 6.41. The molecular weight excluding hydrogens is 519 g/mol. The molecule has 4 aromatic rings. The molecule has 2 atom stereocenters. The Kier molecular flexibility index (Phi) is 7.01. The minimum Gasteiger partial charge on any atom is -0.469 e. The Morgan fingerprint density at radius 3 is 2.66 bits per heavy atom. The van der Waals surface area contributed by atoms with E-state index in [1.807, 2.05) is 52.4 Å². The smallest absolute Gasteiger partial charge is 0.310 e. The third kappa shape index (κ3) is 4.65. The second-order valence-corrected chi connectivity index (χ2v) is 11.1. The van der Waals surface area contributed by atoms with Gasteiger partial charge in [0, 0.05) is 42.1 Å². The van der Waals surface area contributed by atoms with Crippen molar-refractivity contribution in [1.29, 1.82) is 0 Å². The summed E-state index contributed by atoms with van der Waals surface area (Å²) in [6.45, 7) is 7.92. The van der Waals surface area contributed by atoms with Gasteiger partial charge in [0.05, 0.1) is 30.3 Å². The summed E-state index contributed by atoms with van der Waals surface area (Å²) in [5.41, 5.74) is 7.34. The molecule has 1 unspecified atom stereocenters. The summed E-state index contributed by atoms with van der Waals surface area (Å²) in [6.07, 6.45) is 2.20. The van der Waals surface area contributed by atoms with Crippen molar-refractivity contribution in [2.24, 2.45) is 5.92 Å². The minimum absolute atomic E-state index is 0.0101. The molecule has 8 heteroatoms. The van der Waals surface area contributed by atoms with E-state index in [0.29, 0.717) is 49.3 Å². The average molecular weight is 555 g/mol. The highest BCUT2D eigenvalue weighted by Crippen LogP contribution is 2.34. The highest BCUT2D eigenvalue weighted by Gasteiger charge is 2.31. The van der Waals surface area contributed by atoms with Crippen molar-refractivity contribution >= 4 is 23.1 Å². The SMILES string of the molecule is CCc1cc(C(=O)N2CCc3ccccc3[C@H]2C)c(C)c2cc(-c3ccc(N4CCC(C(=O)OC)C4)cc3F)nn12. The number of esters is 1. The number of rotatable bonds is 5. The van der Waals surface area contributed by atoms with Crippen molar-refractivity contribution in [2.45, 2.75) is 46.1 Å². The molecule has 41 heavy (non-hydrogen) atoms. The number of hydrogen-bond acceptors (Lipinski definition) is 5. The molecule has 7 nitrogen and oxygen atoms in total. The van der Waals surface area contributed by atoms with Crippen LogP contribution >= 0.6 is 0 Å². The zero-order valence-electron chi connectivity index (χ0n) is 24.0. The number of methoxy groups -OCH3 is 1. The van der Waals surface area contributed by atoms with Crippen LogP contribution in [0.15, 0.2) is 54.6 Å². The molecule has 4 heterocycles. The zero-order chi connectivity index (χ0) is 28.8. The first-order chi connectivity index (χ1) is 19.8. The summed E-state index contributed by atoms with van der Waals surface area (Å²) in [5.74, 6) is -0.791. The van der Waals surface area contributed by atoms with Crippen molar-refractivity contribution in [3.05, 3.63) is 88.4 Å². The molecule has 1 saturated heterocycles. The maximum atomic E-state index is 15.5. The number of benzene rings is 2. The summed E-state index contributed by atoms with van der Waals surface area (Å²) in [7, 11) is 1.39. The van der Waals surface area contributed by atoms with E-state index in [-0.39, 0.29) is 29.7 Å². The van der Waals surface area contributed by atoms with Crippen LogP contribution in [0.1, 0.15) is 59.1 Å². The minimum atomic E-state index is -0.375. The quantitative estimate of drug-likeness (QED) is 0.293. The molecule has 0 radical (unpaired) electrons. The number of halogens is 1. The molecular formula is C33H35FN4O3. The average Bonchev–Trinajstić information content (AvgIpc) is 3.66. The summed E-state index contributed by atoms with van der Waals surface area (Å²) in [6, 6.07) is 17.3. The highest BCUT2D eigenvalue weighted by molar-refractivity contribution is 5.98. The van der Waals surface area contributed by atoms with Gasteiger partial charge in [0.2, 0.25) is 0 Å². The fourth-order valence-corrected chi connectivity index (χ4v) is 6.41. The third-order valence-corrected chi connectivity index (χ3v) is 8.85. The van der Waals surface area contributed by atoms with Crippen molar-refractivity contribution in [1.82, 2.24) is 14.5 Å². The molecule has 0 aliphatic carbocycles. The van der Waals surface area contributed by atoms with Crippen molar-refractivity contribution in [3.8, 4) is 11.3 Å². The van der Waals surface area contributed by atoms with Crippen LogP contribution in [0.3, 0.4) is 0 Å². The lowest BCUT2D eigenvalue weighted by Crippen LogP contribution is -2.39. The maximum Gasteiger partial charge on any atom is 0.310 e. The molecule has 0 spiro atoms. The second-order valence-electron chi connectivity index (χ2n) is 11.1. The molecule has 212 valence electrons. The molecule has 6 rings (SSSR count). The van der Waals surface area contributed by atoms with Gasteiger partial charge >= 0.3 is 5.97 Å². The molecule has 2 aliphatic rings. The zero-order valence-corrected chi connectivity index (χ0v) is 24.0. The van der Waals surface area contributed by atoms with E-state index in [4.69, 9.17) is 9.84 Å². The van der Waals surface area contributed by atoms with Gasteiger partial charge in [0.25, 0.3) is 5.91 Å². The van der Waals surface area contributed by atoms with Gasteiger partial charge in [0.1, 0.15) is 5.82 Å². The lowest BCUT2D eigenvalue weighted by Gasteiger charge is -2.35. The fraction of sp³-hybridized carbons (Fsp3) is 0.364. The van der Waals surface area contributed by atoms with Gasteiger partial charge in [-0.25, -0.2) is 8.91 Å². The van der Waals surface area contributed by atoms with Crippen molar-refractivity contribution in [2.75, 3.05) is 31.6 Å². The first-order valence-electron chi connectivity index (χ1n) is 14.3. The molecule has 2 aliphatic heterocycles. The van der Waals surface area contributed by atoms with Crippen molar-refractivity contribution in [3.63, 3.8) is 0 Å². The number of fused-ring (bicyclic) bond motifs is 2. The number of hydrogen-bond donors (Lipinski definition) is 0. The summed E-state index contributed by atoms with van der Waals surface area (Å²) in [4.78, 5) is 29.8. The van der Waals surface area contributed by atoms with Gasteiger partial charge in [-0.1, -0.05) is 31.2 Å². The van der Waals surface area contributed by atoms with Crippen LogP contribution in [0.2, 0.25) is 0 Å². The maximum absolute atomic E-state index is 15.5. The van der Waals surface area contributed by atoms with E-state index in [0.717, 1.165) is 28.9 Å². The van der Waals surface area contributed by atoms with Crippen LogP contribution < -0.4 is 4.90 Å². The number of anilines is 1. The Labute approximate surface area is 239 Å². The van der Waals surface area contributed by atoms with Crippen LogP contribution in [0.5, 0.6) is 0 Å². The van der Waals surface area contributed by atoms with Crippen LogP contribution in [0.4, 0.5) is 10.1 Å². The topological polar surface area (TPSA) is 67.2 Å². The summed E-state index contributed by atoms with van der Waals surface area (Å²) in [5, 5.41) is 4.78. The van der Waals surface area contributed by atoms with Gasteiger partial charge in [-0.15, -0.1) is 0 Å². The van der Waals surface area contributed by atoms with E-state index < -0.39 is 0 Å². The Morgan fingerprint density at radius 2 is 1.90 bits per heavy atom. The van der Waals surface area contributed by atoms with E-state index in [1.165, 1.54) is 24.3 Å². The molecule has 1 amide bonds. The molecule has 2 aromatic heterocycles. The van der Waals surface area contributed by atoms with Gasteiger partial charge in [-0.3, -0.25) is 9.59 Å². The second kappa shape index (κ2) is 10.7. The molecule has 2 aromatic carbocycles. The normalized spacial score (nSPS) is 18.6. The number of aryl methyl sites for hydroxylation is 2. The van der Waals surface area contributed by atoms with E-state index in [1.54, 1.807) is 6.07 Å². The number of ether oxygens (including phenoxy) is 1. The summed E-state index contributed by atoms with van der Waals surface area (Å²) >= 11 is 0. The number of pyridine rings is 1. The number of nitrogens with zero attached hydrogens (tertiary/aromatic N) is 4. The number of aromatic nitrogens is 2. The van der Waals surface area contributed by atoms with Gasteiger partial charge in [-0.05, 0) is 80.1 Å².